The highest BCUT2D eigenvalue weighted by Gasteiger charge is 2.32. The fourth-order valence-corrected chi connectivity index (χ4v) is 5.22. The molecule has 0 amide bonds. The summed E-state index contributed by atoms with van der Waals surface area (Å²) in [7, 11) is -3.86. The summed E-state index contributed by atoms with van der Waals surface area (Å²) in [6, 6.07) is 2.76. The zero-order valence-corrected chi connectivity index (χ0v) is 16.1. The van der Waals surface area contributed by atoms with E-state index in [9.17, 15) is 17.2 Å². The molecule has 0 bridgehead atoms. The molecule has 148 valence electrons. The Morgan fingerprint density at radius 3 is 2.75 bits per heavy atom. The number of aromatic nitrogens is 3. The van der Waals surface area contributed by atoms with Crippen molar-refractivity contribution < 1.29 is 21.7 Å². The number of rotatable bonds is 4. The van der Waals surface area contributed by atoms with Crippen LogP contribution in [0.5, 0.6) is 0 Å². The summed E-state index contributed by atoms with van der Waals surface area (Å²) < 4.78 is 62.2. The summed E-state index contributed by atoms with van der Waals surface area (Å²) in [5, 5.41) is 7.92. The zero-order valence-electron chi connectivity index (χ0n) is 15.2. The first-order chi connectivity index (χ1) is 13.3. The lowest BCUT2D eigenvalue weighted by atomic mass is 9.94. The Morgan fingerprint density at radius 1 is 1.29 bits per heavy atom. The minimum atomic E-state index is -3.86. The van der Waals surface area contributed by atoms with Crippen molar-refractivity contribution >= 4 is 10.0 Å². The molecule has 3 aromatic rings. The monoisotopic (exact) mass is 408 g/mol. The highest BCUT2D eigenvalue weighted by atomic mass is 32.2. The highest BCUT2D eigenvalue weighted by molar-refractivity contribution is 7.89. The van der Waals surface area contributed by atoms with Crippen molar-refractivity contribution in [2.75, 3.05) is 0 Å². The largest absolute Gasteiger partial charge is 0.360 e. The van der Waals surface area contributed by atoms with Crippen LogP contribution in [0.1, 0.15) is 41.6 Å². The van der Waals surface area contributed by atoms with Gasteiger partial charge in [0.15, 0.2) is 11.6 Å². The number of aryl methyl sites for hydroxylation is 2. The second kappa shape index (κ2) is 6.78. The molecule has 0 unspecified atom stereocenters. The first-order valence-electron chi connectivity index (χ1n) is 8.75. The Balaban J connectivity index is 1.70. The van der Waals surface area contributed by atoms with Gasteiger partial charge in [0.1, 0.15) is 22.1 Å². The van der Waals surface area contributed by atoms with Crippen LogP contribution >= 0.6 is 0 Å². The third kappa shape index (κ3) is 3.12. The van der Waals surface area contributed by atoms with Crippen LogP contribution in [0.15, 0.2) is 33.8 Å². The van der Waals surface area contributed by atoms with Gasteiger partial charge in [0.05, 0.1) is 12.2 Å². The minimum absolute atomic E-state index is 0.0246. The van der Waals surface area contributed by atoms with Crippen molar-refractivity contribution in [3.8, 4) is 5.69 Å². The molecular weight excluding hydrogens is 390 g/mol. The predicted molar refractivity (Wildman–Crippen MR) is 95.5 cm³/mol. The average Bonchev–Trinajstić information content (AvgIpc) is 3.19. The Kier molecular flexibility index (Phi) is 4.54. The minimum Gasteiger partial charge on any atom is -0.360 e. The molecule has 0 spiro atoms. The topological polar surface area (TPSA) is 90.0 Å². The molecule has 2 aromatic heterocycles. The Labute approximate surface area is 160 Å². The lowest BCUT2D eigenvalue weighted by Crippen LogP contribution is -2.31. The zero-order chi connectivity index (χ0) is 20.1. The van der Waals surface area contributed by atoms with E-state index in [2.05, 4.69) is 15.0 Å². The Morgan fingerprint density at radius 2 is 2.07 bits per heavy atom. The van der Waals surface area contributed by atoms with Gasteiger partial charge in [-0.15, -0.1) is 0 Å². The number of nitrogens with zero attached hydrogens (tertiary/aromatic N) is 3. The van der Waals surface area contributed by atoms with Crippen molar-refractivity contribution in [1.82, 2.24) is 19.7 Å². The molecule has 1 atom stereocenters. The van der Waals surface area contributed by atoms with Crippen LogP contribution in [0.2, 0.25) is 0 Å². The predicted octanol–water partition coefficient (Wildman–Crippen LogP) is 3.11. The number of hydrogen-bond donors (Lipinski definition) is 1. The summed E-state index contributed by atoms with van der Waals surface area (Å²) in [5.41, 5.74) is 1.77. The van der Waals surface area contributed by atoms with Crippen LogP contribution in [0, 0.1) is 25.5 Å². The van der Waals surface area contributed by atoms with Crippen molar-refractivity contribution in [1.29, 1.82) is 0 Å². The Hall–Kier alpha value is -2.59. The van der Waals surface area contributed by atoms with Gasteiger partial charge in [-0.05, 0) is 45.2 Å². The van der Waals surface area contributed by atoms with Gasteiger partial charge in [-0.1, -0.05) is 5.16 Å². The summed E-state index contributed by atoms with van der Waals surface area (Å²) >= 11 is 0. The molecule has 1 aromatic carbocycles. The van der Waals surface area contributed by atoms with Crippen LogP contribution in [0.3, 0.4) is 0 Å². The second-order valence-corrected chi connectivity index (χ2v) is 8.42. The van der Waals surface area contributed by atoms with E-state index < -0.39 is 27.7 Å². The third-order valence-electron chi connectivity index (χ3n) is 4.85. The van der Waals surface area contributed by atoms with E-state index in [0.717, 1.165) is 12.1 Å². The van der Waals surface area contributed by atoms with Gasteiger partial charge in [-0.25, -0.2) is 26.6 Å². The SMILES string of the molecule is Cc1noc(C)c1S(=O)(=O)N[C@@H]1CCCc2c1cnn2-c1ccc(F)cc1F. The van der Waals surface area contributed by atoms with Gasteiger partial charge < -0.3 is 4.52 Å². The summed E-state index contributed by atoms with van der Waals surface area (Å²) in [6.07, 6.45) is 3.40. The van der Waals surface area contributed by atoms with E-state index >= 15 is 0 Å². The molecule has 2 heterocycles. The molecule has 1 N–H and O–H groups in total. The standard InChI is InChI=1S/C18H18F2N4O3S/c1-10-18(11(2)27-22-10)28(25,26)23-15-4-3-5-16-13(15)9-21-24(16)17-7-6-12(19)8-14(17)20/h6-9,15,23H,3-5H2,1-2H3/t15-/m1/s1. The van der Waals surface area contributed by atoms with Crippen LogP contribution < -0.4 is 4.72 Å². The third-order valence-corrected chi connectivity index (χ3v) is 6.57. The molecule has 0 fully saturated rings. The van der Waals surface area contributed by atoms with E-state index in [-0.39, 0.29) is 22.0 Å². The van der Waals surface area contributed by atoms with Crippen molar-refractivity contribution in [2.45, 2.75) is 44.0 Å². The molecular formula is C18H18F2N4O3S. The number of fused-ring (bicyclic) bond motifs is 1. The van der Waals surface area contributed by atoms with E-state index in [1.54, 1.807) is 6.92 Å². The first kappa shape index (κ1) is 18.8. The van der Waals surface area contributed by atoms with Gasteiger partial charge in [0.25, 0.3) is 0 Å². The smallest absolute Gasteiger partial charge is 0.246 e. The van der Waals surface area contributed by atoms with Crippen molar-refractivity contribution in [2.24, 2.45) is 0 Å². The normalized spacial score (nSPS) is 16.9. The average molecular weight is 408 g/mol. The molecule has 7 nitrogen and oxygen atoms in total. The lowest BCUT2D eigenvalue weighted by molar-refractivity contribution is 0.390. The van der Waals surface area contributed by atoms with E-state index in [1.165, 1.54) is 23.9 Å². The van der Waals surface area contributed by atoms with Crippen molar-refractivity contribution in [3.63, 3.8) is 0 Å². The number of hydrogen-bond acceptors (Lipinski definition) is 5. The summed E-state index contributed by atoms with van der Waals surface area (Å²) in [4.78, 5) is 0.0246. The number of benzene rings is 1. The molecule has 0 saturated carbocycles. The summed E-state index contributed by atoms with van der Waals surface area (Å²) in [6.45, 7) is 3.10. The van der Waals surface area contributed by atoms with E-state index in [0.29, 0.717) is 30.5 Å². The highest BCUT2D eigenvalue weighted by Crippen LogP contribution is 2.33. The molecule has 4 rings (SSSR count). The molecule has 0 aliphatic heterocycles. The molecule has 0 saturated heterocycles. The number of halogens is 2. The molecule has 28 heavy (non-hydrogen) atoms. The molecule has 10 heteroatoms. The number of sulfonamides is 1. The fourth-order valence-electron chi connectivity index (χ4n) is 3.64. The number of nitrogens with one attached hydrogen (secondary N) is 1. The first-order valence-corrected chi connectivity index (χ1v) is 10.2. The maximum absolute atomic E-state index is 14.2. The van der Waals surface area contributed by atoms with Gasteiger partial charge in [-0.3, -0.25) is 0 Å². The maximum atomic E-state index is 14.2. The van der Waals surface area contributed by atoms with Crippen LogP contribution in [0.4, 0.5) is 8.78 Å². The molecule has 1 aliphatic carbocycles. The van der Waals surface area contributed by atoms with Gasteiger partial charge in [0.2, 0.25) is 10.0 Å². The maximum Gasteiger partial charge on any atom is 0.246 e. The lowest BCUT2D eigenvalue weighted by Gasteiger charge is -2.24. The van der Waals surface area contributed by atoms with Gasteiger partial charge in [-0.2, -0.15) is 5.10 Å². The fraction of sp³-hybridized carbons (Fsp3) is 0.333. The van der Waals surface area contributed by atoms with Gasteiger partial charge in [0, 0.05) is 17.3 Å². The Bertz CT molecular complexity index is 1130. The van der Waals surface area contributed by atoms with Crippen LogP contribution in [-0.2, 0) is 16.4 Å². The quantitative estimate of drug-likeness (QED) is 0.716. The van der Waals surface area contributed by atoms with E-state index in [4.69, 9.17) is 4.52 Å². The van der Waals surface area contributed by atoms with Crippen molar-refractivity contribution in [3.05, 3.63) is 58.7 Å². The second-order valence-electron chi connectivity index (χ2n) is 6.77. The van der Waals surface area contributed by atoms with Crippen LogP contribution in [-0.4, -0.2) is 23.4 Å². The summed E-state index contributed by atoms with van der Waals surface area (Å²) in [5.74, 6) is -1.19. The van der Waals surface area contributed by atoms with E-state index in [1.807, 2.05) is 0 Å². The molecule has 1 aliphatic rings. The van der Waals surface area contributed by atoms with Crippen LogP contribution in [0.25, 0.3) is 5.69 Å². The molecule has 0 radical (unpaired) electrons. The van der Waals surface area contributed by atoms with Gasteiger partial charge >= 0.3 is 0 Å².